The molecule has 0 radical (unpaired) electrons. The molecule has 1 aliphatic heterocycles. The zero-order valence-electron chi connectivity index (χ0n) is 9.41. The maximum Gasteiger partial charge on any atom is 0.123 e. The summed E-state index contributed by atoms with van der Waals surface area (Å²) >= 11 is 0. The molecule has 2 nitrogen and oxygen atoms in total. The smallest absolute Gasteiger partial charge is 0.123 e. The van der Waals surface area contributed by atoms with Gasteiger partial charge in [0.1, 0.15) is 5.82 Å². The fraction of sp³-hybridized carbons (Fsp3) is 0.385. The van der Waals surface area contributed by atoms with Crippen LogP contribution in [0, 0.1) is 5.82 Å². The number of rotatable bonds is 2. The Labute approximate surface area is 95.0 Å². The molecule has 0 aromatic heterocycles. The van der Waals surface area contributed by atoms with Gasteiger partial charge < -0.3 is 10.0 Å². The highest BCUT2D eigenvalue weighted by Crippen LogP contribution is 2.26. The quantitative estimate of drug-likeness (QED) is 0.824. The van der Waals surface area contributed by atoms with Crippen LogP contribution in [0.3, 0.4) is 0 Å². The van der Waals surface area contributed by atoms with E-state index in [-0.39, 0.29) is 12.4 Å². The Morgan fingerprint density at radius 3 is 2.62 bits per heavy atom. The van der Waals surface area contributed by atoms with Crippen molar-refractivity contribution in [3.63, 3.8) is 0 Å². The van der Waals surface area contributed by atoms with E-state index in [0.717, 1.165) is 30.6 Å². The molecule has 1 aliphatic rings. The topological polar surface area (TPSA) is 23.5 Å². The fourth-order valence-electron chi connectivity index (χ4n) is 2.12. The number of likely N-dealkylation sites (N-methyl/N-ethyl adjacent to an activating group) is 1. The predicted octanol–water partition coefficient (Wildman–Crippen LogP) is 1.91. The lowest BCUT2D eigenvalue weighted by Crippen LogP contribution is -2.28. The third-order valence-corrected chi connectivity index (χ3v) is 3.01. The molecule has 1 N–H and O–H groups in total. The Morgan fingerprint density at radius 2 is 2.00 bits per heavy atom. The summed E-state index contributed by atoms with van der Waals surface area (Å²) in [5.41, 5.74) is 3.24. The molecule has 0 atom stereocenters. The second-order valence-electron chi connectivity index (χ2n) is 4.23. The van der Waals surface area contributed by atoms with E-state index in [1.807, 2.05) is 7.05 Å². The number of hydrogen-bond acceptors (Lipinski definition) is 2. The lowest BCUT2D eigenvalue weighted by molar-refractivity contribution is 0.292. The van der Waals surface area contributed by atoms with E-state index in [1.54, 1.807) is 12.1 Å². The fourth-order valence-corrected chi connectivity index (χ4v) is 2.12. The lowest BCUT2D eigenvalue weighted by atomic mass is 9.94. The molecule has 0 unspecified atom stereocenters. The molecule has 1 aromatic rings. The molecular formula is C13H16FNO. The predicted molar refractivity (Wildman–Crippen MR) is 62.5 cm³/mol. The van der Waals surface area contributed by atoms with Crippen LogP contribution in [-0.2, 0) is 0 Å². The third kappa shape index (κ3) is 2.31. The Hall–Kier alpha value is -1.19. The summed E-state index contributed by atoms with van der Waals surface area (Å²) in [4.78, 5) is 2.18. The van der Waals surface area contributed by atoms with Crippen LogP contribution in [0.4, 0.5) is 4.39 Å². The second kappa shape index (κ2) is 4.76. The average Bonchev–Trinajstić information content (AvgIpc) is 2.30. The average molecular weight is 221 g/mol. The van der Waals surface area contributed by atoms with Gasteiger partial charge >= 0.3 is 0 Å². The molecule has 2 rings (SSSR count). The van der Waals surface area contributed by atoms with Crippen molar-refractivity contribution < 1.29 is 9.50 Å². The number of aliphatic hydroxyl groups excluding tert-OH is 1. The van der Waals surface area contributed by atoms with Crippen LogP contribution in [0.15, 0.2) is 29.8 Å². The van der Waals surface area contributed by atoms with Crippen LogP contribution >= 0.6 is 0 Å². The molecule has 0 fully saturated rings. The summed E-state index contributed by atoms with van der Waals surface area (Å²) < 4.78 is 12.8. The molecule has 0 amide bonds. The Kier molecular flexibility index (Phi) is 3.36. The number of hydrogen-bond donors (Lipinski definition) is 1. The molecule has 3 heteroatoms. The van der Waals surface area contributed by atoms with Gasteiger partial charge in [0.05, 0.1) is 6.61 Å². The van der Waals surface area contributed by atoms with Gasteiger partial charge in [-0.2, -0.15) is 0 Å². The van der Waals surface area contributed by atoms with Crippen LogP contribution < -0.4 is 0 Å². The van der Waals surface area contributed by atoms with Gasteiger partial charge in [0.15, 0.2) is 0 Å². The van der Waals surface area contributed by atoms with Crippen molar-refractivity contribution in [3.8, 4) is 0 Å². The van der Waals surface area contributed by atoms with Crippen molar-refractivity contribution in [1.82, 2.24) is 4.90 Å². The molecule has 0 spiro atoms. The summed E-state index contributed by atoms with van der Waals surface area (Å²) in [6, 6.07) is 6.50. The molecule has 0 aliphatic carbocycles. The van der Waals surface area contributed by atoms with Gasteiger partial charge in [-0.05, 0) is 42.3 Å². The third-order valence-electron chi connectivity index (χ3n) is 3.01. The molecule has 0 bridgehead atoms. The summed E-state index contributed by atoms with van der Waals surface area (Å²) in [5.74, 6) is -0.220. The van der Waals surface area contributed by atoms with Crippen molar-refractivity contribution in [2.45, 2.75) is 6.42 Å². The van der Waals surface area contributed by atoms with E-state index in [2.05, 4.69) is 4.90 Å². The molecule has 86 valence electrons. The first-order valence-corrected chi connectivity index (χ1v) is 5.47. The minimum absolute atomic E-state index is 0.0804. The number of nitrogens with zero attached hydrogens (tertiary/aromatic N) is 1. The van der Waals surface area contributed by atoms with E-state index >= 15 is 0 Å². The molecule has 0 saturated carbocycles. The van der Waals surface area contributed by atoms with Crippen LogP contribution in [0.1, 0.15) is 12.0 Å². The van der Waals surface area contributed by atoms with E-state index in [4.69, 9.17) is 0 Å². The summed E-state index contributed by atoms with van der Waals surface area (Å²) in [6.45, 7) is 1.86. The number of aliphatic hydroxyl groups is 1. The summed E-state index contributed by atoms with van der Waals surface area (Å²) in [6.07, 6.45) is 0.915. The summed E-state index contributed by atoms with van der Waals surface area (Å²) in [5, 5.41) is 9.34. The first-order chi connectivity index (χ1) is 7.70. The van der Waals surface area contributed by atoms with Crippen molar-refractivity contribution in [1.29, 1.82) is 0 Å². The van der Waals surface area contributed by atoms with Crippen LogP contribution in [0.5, 0.6) is 0 Å². The minimum Gasteiger partial charge on any atom is -0.392 e. The molecule has 0 saturated heterocycles. The SMILES string of the molecule is CN1CCC(c2ccc(F)cc2)=C(CO)C1. The zero-order chi connectivity index (χ0) is 11.5. The van der Waals surface area contributed by atoms with Crippen LogP contribution in [0.2, 0.25) is 0 Å². The minimum atomic E-state index is -0.220. The van der Waals surface area contributed by atoms with Gasteiger partial charge in [-0.1, -0.05) is 12.1 Å². The molecule has 1 heterocycles. The summed E-state index contributed by atoms with van der Waals surface area (Å²) in [7, 11) is 2.04. The van der Waals surface area contributed by atoms with Crippen LogP contribution in [0.25, 0.3) is 5.57 Å². The van der Waals surface area contributed by atoms with Gasteiger partial charge in [0, 0.05) is 13.1 Å². The van der Waals surface area contributed by atoms with E-state index < -0.39 is 0 Å². The molecule has 16 heavy (non-hydrogen) atoms. The number of halogens is 1. The van der Waals surface area contributed by atoms with E-state index in [9.17, 15) is 9.50 Å². The van der Waals surface area contributed by atoms with Crippen molar-refractivity contribution in [2.24, 2.45) is 0 Å². The Bertz CT molecular complexity index is 397. The highest BCUT2D eigenvalue weighted by molar-refractivity contribution is 5.70. The first-order valence-electron chi connectivity index (χ1n) is 5.47. The molecular weight excluding hydrogens is 205 g/mol. The Balaban J connectivity index is 2.34. The van der Waals surface area contributed by atoms with Crippen molar-refractivity contribution in [3.05, 3.63) is 41.2 Å². The highest BCUT2D eigenvalue weighted by Gasteiger charge is 2.16. The zero-order valence-corrected chi connectivity index (χ0v) is 9.41. The maximum absolute atomic E-state index is 12.8. The van der Waals surface area contributed by atoms with Crippen LogP contribution in [-0.4, -0.2) is 36.8 Å². The van der Waals surface area contributed by atoms with Gasteiger partial charge in [-0.15, -0.1) is 0 Å². The van der Waals surface area contributed by atoms with E-state index in [0.29, 0.717) is 0 Å². The second-order valence-corrected chi connectivity index (χ2v) is 4.23. The van der Waals surface area contributed by atoms with Crippen molar-refractivity contribution in [2.75, 3.05) is 26.7 Å². The van der Waals surface area contributed by atoms with Gasteiger partial charge in [0.2, 0.25) is 0 Å². The normalized spacial score (nSPS) is 17.9. The largest absolute Gasteiger partial charge is 0.392 e. The monoisotopic (exact) mass is 221 g/mol. The number of benzene rings is 1. The van der Waals surface area contributed by atoms with Gasteiger partial charge in [-0.25, -0.2) is 4.39 Å². The van der Waals surface area contributed by atoms with Gasteiger partial charge in [-0.3, -0.25) is 0 Å². The van der Waals surface area contributed by atoms with Gasteiger partial charge in [0.25, 0.3) is 0 Å². The van der Waals surface area contributed by atoms with Crippen molar-refractivity contribution >= 4 is 5.57 Å². The van der Waals surface area contributed by atoms with E-state index in [1.165, 1.54) is 17.7 Å². The lowest BCUT2D eigenvalue weighted by Gasteiger charge is -2.27. The maximum atomic E-state index is 12.8. The molecule has 1 aromatic carbocycles. The highest BCUT2D eigenvalue weighted by atomic mass is 19.1. The first kappa shape index (κ1) is 11.3. The standard InChI is InChI=1S/C13H16FNO/c1-15-7-6-13(11(8-15)9-16)10-2-4-12(14)5-3-10/h2-5,16H,6-9H2,1H3. The Morgan fingerprint density at radius 1 is 1.31 bits per heavy atom.